The number of nitrogens with zero attached hydrogens (tertiary/aromatic N) is 4. The molecule has 0 saturated carbocycles. The van der Waals surface area contributed by atoms with Crippen molar-refractivity contribution < 1.29 is 14.1 Å². The Morgan fingerprint density at radius 1 is 1.26 bits per heavy atom. The van der Waals surface area contributed by atoms with Gasteiger partial charge in [0.05, 0.1) is 12.2 Å². The predicted octanol–water partition coefficient (Wildman–Crippen LogP) is 2.34. The van der Waals surface area contributed by atoms with Crippen LogP contribution in [-0.2, 0) is 11.3 Å². The number of hydrogen-bond acceptors (Lipinski definition) is 5. The van der Waals surface area contributed by atoms with Crippen LogP contribution in [0.2, 0.25) is 0 Å². The van der Waals surface area contributed by atoms with Gasteiger partial charge in [0, 0.05) is 43.2 Å². The van der Waals surface area contributed by atoms with Crippen LogP contribution in [0, 0.1) is 19.3 Å². The second-order valence-corrected chi connectivity index (χ2v) is 7.74. The Bertz CT molecular complexity index is 834. The predicted molar refractivity (Wildman–Crippen MR) is 97.8 cm³/mol. The highest BCUT2D eigenvalue weighted by Gasteiger charge is 2.45. The average Bonchev–Trinajstić information content (AvgIpc) is 3.16. The van der Waals surface area contributed by atoms with E-state index in [4.69, 9.17) is 4.52 Å². The molecule has 2 aliphatic rings. The van der Waals surface area contributed by atoms with Gasteiger partial charge >= 0.3 is 0 Å². The summed E-state index contributed by atoms with van der Waals surface area (Å²) in [7, 11) is 0. The zero-order chi connectivity index (χ0) is 19.0. The molecular formula is C20H24N4O3. The lowest BCUT2D eigenvalue weighted by atomic mass is 9.77. The molecule has 2 aromatic heterocycles. The molecule has 1 spiro atoms. The molecule has 0 unspecified atom stereocenters. The lowest BCUT2D eigenvalue weighted by Gasteiger charge is -2.38. The van der Waals surface area contributed by atoms with E-state index in [2.05, 4.69) is 10.1 Å². The molecule has 0 radical (unpaired) electrons. The zero-order valence-corrected chi connectivity index (χ0v) is 15.8. The van der Waals surface area contributed by atoms with Crippen LogP contribution in [0.5, 0.6) is 0 Å². The van der Waals surface area contributed by atoms with Gasteiger partial charge in [0.25, 0.3) is 5.91 Å². The third-order valence-corrected chi connectivity index (χ3v) is 5.93. The third kappa shape index (κ3) is 3.34. The van der Waals surface area contributed by atoms with Gasteiger partial charge in [-0.05, 0) is 38.8 Å². The summed E-state index contributed by atoms with van der Waals surface area (Å²) in [6, 6.07) is 5.38. The van der Waals surface area contributed by atoms with Gasteiger partial charge < -0.3 is 14.3 Å². The van der Waals surface area contributed by atoms with Crippen LogP contribution in [0.25, 0.3) is 0 Å². The Labute approximate surface area is 158 Å². The van der Waals surface area contributed by atoms with Crippen molar-refractivity contribution in [3.8, 4) is 0 Å². The van der Waals surface area contributed by atoms with Crippen molar-refractivity contribution >= 4 is 11.8 Å². The van der Waals surface area contributed by atoms with Gasteiger partial charge in [-0.3, -0.25) is 14.6 Å². The molecule has 4 heterocycles. The van der Waals surface area contributed by atoms with E-state index in [1.807, 2.05) is 29.7 Å². The molecule has 2 amide bonds. The first-order chi connectivity index (χ1) is 13.0. The van der Waals surface area contributed by atoms with Crippen molar-refractivity contribution in [1.82, 2.24) is 19.9 Å². The first kappa shape index (κ1) is 17.7. The number of aromatic nitrogens is 2. The summed E-state index contributed by atoms with van der Waals surface area (Å²) >= 11 is 0. The normalized spacial score (nSPS) is 19.1. The van der Waals surface area contributed by atoms with Crippen LogP contribution in [0.15, 0.2) is 28.9 Å². The van der Waals surface area contributed by atoms with Gasteiger partial charge in [-0.15, -0.1) is 0 Å². The maximum Gasteiger partial charge on any atom is 0.272 e. The van der Waals surface area contributed by atoms with E-state index in [0.717, 1.165) is 36.4 Å². The van der Waals surface area contributed by atoms with Crippen molar-refractivity contribution in [2.75, 3.05) is 19.6 Å². The SMILES string of the molecule is Cc1noc(C)c1CN1CC2(CCN(C(=O)c3ccccn3)CC2)CC1=O. The quantitative estimate of drug-likeness (QED) is 0.831. The Morgan fingerprint density at radius 3 is 2.67 bits per heavy atom. The lowest BCUT2D eigenvalue weighted by molar-refractivity contribution is -0.128. The van der Waals surface area contributed by atoms with E-state index in [9.17, 15) is 9.59 Å². The molecule has 2 fully saturated rings. The minimum Gasteiger partial charge on any atom is -0.361 e. The number of rotatable bonds is 3. The maximum atomic E-state index is 12.6. The highest BCUT2D eigenvalue weighted by molar-refractivity contribution is 5.92. The monoisotopic (exact) mass is 368 g/mol. The summed E-state index contributed by atoms with van der Waals surface area (Å²) in [4.78, 5) is 33.1. The Morgan fingerprint density at radius 2 is 2.04 bits per heavy atom. The summed E-state index contributed by atoms with van der Waals surface area (Å²) in [5.74, 6) is 0.930. The highest BCUT2D eigenvalue weighted by Crippen LogP contribution is 2.42. The summed E-state index contributed by atoms with van der Waals surface area (Å²) < 4.78 is 5.22. The molecule has 2 saturated heterocycles. The van der Waals surface area contributed by atoms with E-state index in [-0.39, 0.29) is 17.2 Å². The number of amides is 2. The number of aryl methyl sites for hydroxylation is 2. The molecule has 4 rings (SSSR count). The summed E-state index contributed by atoms with van der Waals surface area (Å²) in [6.45, 7) is 6.42. The van der Waals surface area contributed by atoms with Crippen molar-refractivity contribution in [3.05, 3.63) is 47.1 Å². The largest absolute Gasteiger partial charge is 0.361 e. The van der Waals surface area contributed by atoms with Crippen molar-refractivity contribution in [2.45, 2.75) is 39.7 Å². The molecule has 7 nitrogen and oxygen atoms in total. The second-order valence-electron chi connectivity index (χ2n) is 7.74. The molecule has 7 heteroatoms. The molecule has 0 atom stereocenters. The fraction of sp³-hybridized carbons (Fsp3) is 0.500. The van der Waals surface area contributed by atoms with Crippen molar-refractivity contribution in [3.63, 3.8) is 0 Å². The highest BCUT2D eigenvalue weighted by atomic mass is 16.5. The topological polar surface area (TPSA) is 79.5 Å². The standard InChI is InChI=1S/C20H24N4O3/c1-14-16(15(2)27-22-14)12-24-13-20(11-18(24)25)6-9-23(10-7-20)19(26)17-5-3-4-8-21-17/h3-5,8H,6-7,9-13H2,1-2H3. The number of likely N-dealkylation sites (tertiary alicyclic amines) is 2. The number of piperidine rings is 1. The maximum absolute atomic E-state index is 12.6. The van der Waals surface area contributed by atoms with Gasteiger partial charge in [-0.1, -0.05) is 11.2 Å². The van der Waals surface area contributed by atoms with Crippen LogP contribution in [0.1, 0.15) is 46.8 Å². The second kappa shape index (κ2) is 6.79. The molecule has 0 aliphatic carbocycles. The number of pyridine rings is 1. The van der Waals surface area contributed by atoms with E-state index >= 15 is 0 Å². The summed E-state index contributed by atoms with van der Waals surface area (Å²) in [5, 5.41) is 3.98. The smallest absolute Gasteiger partial charge is 0.272 e. The Kier molecular flexibility index (Phi) is 4.45. The van der Waals surface area contributed by atoms with E-state index < -0.39 is 0 Å². The van der Waals surface area contributed by atoms with E-state index in [1.165, 1.54) is 0 Å². The number of carbonyl (C=O) groups is 2. The summed E-state index contributed by atoms with van der Waals surface area (Å²) in [5.41, 5.74) is 2.30. The van der Waals surface area contributed by atoms with Crippen molar-refractivity contribution in [2.24, 2.45) is 5.41 Å². The van der Waals surface area contributed by atoms with Crippen molar-refractivity contribution in [1.29, 1.82) is 0 Å². The Balaban J connectivity index is 1.40. The molecule has 142 valence electrons. The minimum absolute atomic E-state index is 0.0256. The Hall–Kier alpha value is -2.70. The van der Waals surface area contributed by atoms with Gasteiger partial charge in [0.2, 0.25) is 5.91 Å². The average molecular weight is 368 g/mol. The van der Waals surface area contributed by atoms with Crippen LogP contribution in [0.4, 0.5) is 0 Å². The van der Waals surface area contributed by atoms with Crippen LogP contribution >= 0.6 is 0 Å². The number of carbonyl (C=O) groups excluding carboxylic acids is 2. The molecule has 27 heavy (non-hydrogen) atoms. The van der Waals surface area contributed by atoms with Crippen LogP contribution in [0.3, 0.4) is 0 Å². The van der Waals surface area contributed by atoms with Crippen LogP contribution in [-0.4, -0.2) is 51.4 Å². The molecule has 0 N–H and O–H groups in total. The third-order valence-electron chi connectivity index (χ3n) is 5.93. The van der Waals surface area contributed by atoms with Gasteiger partial charge in [-0.2, -0.15) is 0 Å². The van der Waals surface area contributed by atoms with Gasteiger partial charge in [0.1, 0.15) is 11.5 Å². The molecular weight excluding hydrogens is 344 g/mol. The first-order valence-electron chi connectivity index (χ1n) is 9.37. The number of hydrogen-bond donors (Lipinski definition) is 0. The fourth-order valence-electron chi connectivity index (χ4n) is 4.21. The molecule has 2 aromatic rings. The van der Waals surface area contributed by atoms with Gasteiger partial charge in [-0.25, -0.2) is 0 Å². The van der Waals surface area contributed by atoms with Crippen LogP contribution < -0.4 is 0 Å². The van der Waals surface area contributed by atoms with E-state index in [0.29, 0.717) is 31.7 Å². The minimum atomic E-state index is -0.0308. The zero-order valence-electron chi connectivity index (χ0n) is 15.8. The first-order valence-corrected chi connectivity index (χ1v) is 9.37. The summed E-state index contributed by atoms with van der Waals surface area (Å²) in [6.07, 6.45) is 3.88. The molecule has 0 aromatic carbocycles. The van der Waals surface area contributed by atoms with Gasteiger partial charge in [0.15, 0.2) is 0 Å². The fourth-order valence-corrected chi connectivity index (χ4v) is 4.21. The van der Waals surface area contributed by atoms with E-state index in [1.54, 1.807) is 18.3 Å². The molecule has 2 aliphatic heterocycles. The lowest BCUT2D eigenvalue weighted by Crippen LogP contribution is -2.44. The molecule has 0 bridgehead atoms.